The second kappa shape index (κ2) is 9.57. The van der Waals surface area contributed by atoms with Crippen molar-refractivity contribution in [1.82, 2.24) is 10.2 Å². The molecule has 28 heavy (non-hydrogen) atoms. The van der Waals surface area contributed by atoms with Crippen molar-refractivity contribution in [3.05, 3.63) is 41.3 Å². The van der Waals surface area contributed by atoms with E-state index in [1.54, 1.807) is 11.3 Å². The largest absolute Gasteiger partial charge is 0.363 e. The molecule has 1 aromatic carbocycles. The lowest BCUT2D eigenvalue weighted by Crippen LogP contribution is -2.33. The topological polar surface area (TPSA) is 35.6 Å². The molecule has 1 N–H and O–H groups in total. The molecule has 0 spiro atoms. The highest BCUT2D eigenvalue weighted by Gasteiger charge is 2.21. The summed E-state index contributed by atoms with van der Waals surface area (Å²) < 4.78 is 0. The van der Waals surface area contributed by atoms with E-state index in [2.05, 4.69) is 45.4 Å². The molecule has 2 aromatic rings. The molecule has 2 fully saturated rings. The van der Waals surface area contributed by atoms with Crippen LogP contribution in [0.2, 0.25) is 0 Å². The van der Waals surface area contributed by atoms with Gasteiger partial charge >= 0.3 is 0 Å². The summed E-state index contributed by atoms with van der Waals surface area (Å²) in [6.45, 7) is 6.23. The second-order valence-corrected chi connectivity index (χ2v) is 8.93. The number of carbonyl (C=O) groups excluding carboxylic acids is 1. The van der Waals surface area contributed by atoms with Crippen LogP contribution in [0.1, 0.15) is 48.2 Å². The van der Waals surface area contributed by atoms with Crippen molar-refractivity contribution in [3.8, 4) is 11.1 Å². The Bertz CT molecular complexity index is 759. The number of hydrogen-bond acceptors (Lipinski definition) is 4. The zero-order valence-electron chi connectivity index (χ0n) is 16.7. The van der Waals surface area contributed by atoms with E-state index in [9.17, 15) is 4.79 Å². The fourth-order valence-corrected chi connectivity index (χ4v) is 5.40. The van der Waals surface area contributed by atoms with Gasteiger partial charge in [0, 0.05) is 31.7 Å². The third kappa shape index (κ3) is 4.76. The highest BCUT2D eigenvalue weighted by molar-refractivity contribution is 7.18. The molecule has 5 heteroatoms. The normalized spacial score (nSPS) is 18.2. The summed E-state index contributed by atoms with van der Waals surface area (Å²) in [5, 5.41) is 4.41. The standard InChI is InChI=1S/C23H31N3OS/c27-22(24-12-17-25-13-8-9-14-25)21-18-20(19-10-4-3-5-11-19)23(28-21)26-15-6-1-2-7-16-26/h3-5,10-11,18H,1-2,6-9,12-17H2,(H,24,27). The van der Waals surface area contributed by atoms with Crippen molar-refractivity contribution in [3.63, 3.8) is 0 Å². The van der Waals surface area contributed by atoms with Gasteiger partial charge in [0.15, 0.2) is 0 Å². The van der Waals surface area contributed by atoms with E-state index in [4.69, 9.17) is 0 Å². The molecule has 0 unspecified atom stereocenters. The lowest BCUT2D eigenvalue weighted by molar-refractivity contribution is 0.0954. The Morgan fingerprint density at radius 1 is 0.929 bits per heavy atom. The molecule has 1 aromatic heterocycles. The minimum Gasteiger partial charge on any atom is -0.363 e. The molecule has 2 aliphatic rings. The van der Waals surface area contributed by atoms with Crippen LogP contribution in [-0.2, 0) is 0 Å². The van der Waals surface area contributed by atoms with E-state index in [-0.39, 0.29) is 5.91 Å². The smallest absolute Gasteiger partial charge is 0.261 e. The fraction of sp³-hybridized carbons (Fsp3) is 0.522. The lowest BCUT2D eigenvalue weighted by Gasteiger charge is -2.22. The number of amides is 1. The van der Waals surface area contributed by atoms with Gasteiger partial charge < -0.3 is 15.1 Å². The molecule has 3 heterocycles. The van der Waals surface area contributed by atoms with Crippen molar-refractivity contribution < 1.29 is 4.79 Å². The van der Waals surface area contributed by atoms with Gasteiger partial charge in [0.1, 0.15) is 0 Å². The van der Waals surface area contributed by atoms with Crippen LogP contribution in [0.4, 0.5) is 5.00 Å². The van der Waals surface area contributed by atoms with Gasteiger partial charge in [-0.15, -0.1) is 11.3 Å². The van der Waals surface area contributed by atoms with Crippen LogP contribution in [0.15, 0.2) is 36.4 Å². The number of nitrogens with zero attached hydrogens (tertiary/aromatic N) is 2. The van der Waals surface area contributed by atoms with Crippen LogP contribution in [0, 0.1) is 0 Å². The Labute approximate surface area is 172 Å². The fourth-order valence-electron chi connectivity index (χ4n) is 4.25. The zero-order chi connectivity index (χ0) is 19.2. The predicted octanol–water partition coefficient (Wildman–Crippen LogP) is 4.62. The highest BCUT2D eigenvalue weighted by atomic mass is 32.1. The Morgan fingerprint density at radius 2 is 1.61 bits per heavy atom. The third-order valence-electron chi connectivity index (χ3n) is 5.83. The van der Waals surface area contributed by atoms with Gasteiger partial charge in [-0.1, -0.05) is 43.2 Å². The van der Waals surface area contributed by atoms with Crippen molar-refractivity contribution in [2.45, 2.75) is 38.5 Å². The predicted molar refractivity (Wildman–Crippen MR) is 118 cm³/mol. The number of rotatable bonds is 6. The summed E-state index contributed by atoms with van der Waals surface area (Å²) in [6, 6.07) is 12.6. The number of thiophene rings is 1. The first-order valence-corrected chi connectivity index (χ1v) is 11.6. The van der Waals surface area contributed by atoms with Crippen LogP contribution in [0.5, 0.6) is 0 Å². The average Bonchev–Trinajstić information content (AvgIpc) is 3.33. The molecule has 4 nitrogen and oxygen atoms in total. The van der Waals surface area contributed by atoms with Crippen LogP contribution in [-0.4, -0.2) is 50.1 Å². The highest BCUT2D eigenvalue weighted by Crippen LogP contribution is 2.39. The van der Waals surface area contributed by atoms with Gasteiger partial charge in [-0.05, 0) is 50.4 Å². The first-order valence-electron chi connectivity index (χ1n) is 10.8. The van der Waals surface area contributed by atoms with E-state index in [0.717, 1.165) is 31.1 Å². The number of carbonyl (C=O) groups is 1. The molecule has 0 saturated carbocycles. The zero-order valence-corrected chi connectivity index (χ0v) is 17.5. The third-order valence-corrected chi connectivity index (χ3v) is 7.02. The summed E-state index contributed by atoms with van der Waals surface area (Å²) in [5.41, 5.74) is 2.41. The Morgan fingerprint density at radius 3 is 2.32 bits per heavy atom. The number of hydrogen-bond donors (Lipinski definition) is 1. The van der Waals surface area contributed by atoms with Gasteiger partial charge in [0.05, 0.1) is 9.88 Å². The van der Waals surface area contributed by atoms with Gasteiger partial charge in [-0.3, -0.25) is 4.79 Å². The first kappa shape index (κ1) is 19.5. The van der Waals surface area contributed by atoms with Crippen molar-refractivity contribution in [1.29, 1.82) is 0 Å². The number of anilines is 1. The molecular formula is C23H31N3OS. The quantitative estimate of drug-likeness (QED) is 0.772. The van der Waals surface area contributed by atoms with Crippen molar-refractivity contribution in [2.75, 3.05) is 44.2 Å². The van der Waals surface area contributed by atoms with Crippen LogP contribution >= 0.6 is 11.3 Å². The summed E-state index contributed by atoms with van der Waals surface area (Å²) in [4.78, 5) is 18.6. The maximum Gasteiger partial charge on any atom is 0.261 e. The molecule has 150 valence electrons. The van der Waals surface area contributed by atoms with Gasteiger partial charge in [0.2, 0.25) is 0 Å². The summed E-state index contributed by atoms with van der Waals surface area (Å²) in [7, 11) is 0. The molecular weight excluding hydrogens is 366 g/mol. The molecule has 0 radical (unpaired) electrons. The minimum atomic E-state index is 0.0717. The molecule has 4 rings (SSSR count). The SMILES string of the molecule is O=C(NCCN1CCCC1)c1cc(-c2ccccc2)c(N2CCCCCC2)s1. The maximum absolute atomic E-state index is 12.8. The number of likely N-dealkylation sites (tertiary alicyclic amines) is 1. The van der Waals surface area contributed by atoms with E-state index in [1.807, 2.05) is 6.07 Å². The van der Waals surface area contributed by atoms with E-state index in [0.29, 0.717) is 0 Å². The Hall–Kier alpha value is -1.85. The molecule has 0 aliphatic carbocycles. The van der Waals surface area contributed by atoms with Gasteiger partial charge in [0.25, 0.3) is 5.91 Å². The molecule has 0 bridgehead atoms. The Balaban J connectivity index is 1.51. The van der Waals surface area contributed by atoms with Gasteiger partial charge in [-0.2, -0.15) is 0 Å². The molecule has 2 saturated heterocycles. The van der Waals surface area contributed by atoms with E-state index in [1.165, 1.54) is 67.7 Å². The monoisotopic (exact) mass is 397 g/mol. The van der Waals surface area contributed by atoms with Crippen molar-refractivity contribution >= 4 is 22.2 Å². The molecule has 2 aliphatic heterocycles. The summed E-state index contributed by atoms with van der Waals surface area (Å²) >= 11 is 1.66. The number of benzene rings is 1. The summed E-state index contributed by atoms with van der Waals surface area (Å²) in [6.07, 6.45) is 7.68. The number of nitrogens with one attached hydrogen (secondary N) is 1. The van der Waals surface area contributed by atoms with Crippen LogP contribution in [0.3, 0.4) is 0 Å². The first-order chi connectivity index (χ1) is 13.8. The van der Waals surface area contributed by atoms with E-state index >= 15 is 0 Å². The average molecular weight is 398 g/mol. The minimum absolute atomic E-state index is 0.0717. The maximum atomic E-state index is 12.8. The molecule has 0 atom stereocenters. The van der Waals surface area contributed by atoms with Crippen LogP contribution in [0.25, 0.3) is 11.1 Å². The Kier molecular flexibility index (Phi) is 6.65. The van der Waals surface area contributed by atoms with Crippen molar-refractivity contribution in [2.24, 2.45) is 0 Å². The van der Waals surface area contributed by atoms with Crippen LogP contribution < -0.4 is 10.2 Å². The lowest BCUT2D eigenvalue weighted by atomic mass is 10.1. The van der Waals surface area contributed by atoms with Gasteiger partial charge in [-0.25, -0.2) is 0 Å². The second-order valence-electron chi connectivity index (χ2n) is 7.90. The molecule has 1 amide bonds. The summed E-state index contributed by atoms with van der Waals surface area (Å²) in [5.74, 6) is 0.0717. The van der Waals surface area contributed by atoms with E-state index < -0.39 is 0 Å².